The van der Waals surface area contributed by atoms with Crippen molar-refractivity contribution in [2.75, 3.05) is 13.2 Å². The lowest BCUT2D eigenvalue weighted by atomic mass is 10.0. The molecule has 0 spiro atoms. The Balaban J connectivity index is 1.79. The molecule has 0 aliphatic carbocycles. The number of nitrogens with one attached hydrogen (secondary N) is 1. The Kier molecular flexibility index (Phi) is 5.01. The largest absolute Gasteiger partial charge is 0.380 e. The highest BCUT2D eigenvalue weighted by atomic mass is 79.9. The minimum absolute atomic E-state index is 0.503. The fourth-order valence-corrected chi connectivity index (χ4v) is 2.57. The van der Waals surface area contributed by atoms with Gasteiger partial charge in [0.1, 0.15) is 0 Å². The molecule has 0 aromatic heterocycles. The Labute approximate surface area is 112 Å². The maximum Gasteiger partial charge on any atom is 0.0619 e. The van der Waals surface area contributed by atoms with Gasteiger partial charge in [-0.3, -0.25) is 0 Å². The first-order chi connectivity index (χ1) is 8.24. The van der Waals surface area contributed by atoms with Crippen LogP contribution in [-0.2, 0) is 11.2 Å². The van der Waals surface area contributed by atoms with Gasteiger partial charge in [0.25, 0.3) is 0 Å². The summed E-state index contributed by atoms with van der Waals surface area (Å²) in [6, 6.07) is 9.61. The Morgan fingerprint density at radius 2 is 2.18 bits per heavy atom. The predicted molar refractivity (Wildman–Crippen MR) is 74.3 cm³/mol. The zero-order valence-electron chi connectivity index (χ0n) is 10.3. The van der Waals surface area contributed by atoms with Gasteiger partial charge in [0.15, 0.2) is 0 Å². The zero-order valence-corrected chi connectivity index (χ0v) is 11.9. The molecule has 1 fully saturated rings. The Hall–Kier alpha value is -0.380. The van der Waals surface area contributed by atoms with Crippen molar-refractivity contribution in [1.29, 1.82) is 0 Å². The fourth-order valence-electron chi connectivity index (χ4n) is 2.31. The maximum absolute atomic E-state index is 5.48. The van der Waals surface area contributed by atoms with Crippen LogP contribution in [0.5, 0.6) is 0 Å². The molecule has 1 heterocycles. The van der Waals surface area contributed by atoms with Crippen LogP contribution >= 0.6 is 15.9 Å². The van der Waals surface area contributed by atoms with E-state index in [0.29, 0.717) is 12.1 Å². The summed E-state index contributed by atoms with van der Waals surface area (Å²) in [5, 5.41) is 3.65. The lowest BCUT2D eigenvalue weighted by Crippen LogP contribution is -2.42. The molecule has 17 heavy (non-hydrogen) atoms. The van der Waals surface area contributed by atoms with Crippen LogP contribution in [0, 0.1) is 0 Å². The summed E-state index contributed by atoms with van der Waals surface area (Å²) in [5.41, 5.74) is 1.38. The molecule has 1 N–H and O–H groups in total. The number of hydrogen-bond donors (Lipinski definition) is 1. The van der Waals surface area contributed by atoms with Crippen molar-refractivity contribution in [3.05, 3.63) is 34.3 Å². The zero-order chi connectivity index (χ0) is 12.1. The molecular formula is C14H20BrNO. The van der Waals surface area contributed by atoms with Crippen LogP contribution in [0.4, 0.5) is 0 Å². The average Bonchev–Trinajstić information content (AvgIpc) is 2.33. The van der Waals surface area contributed by atoms with Crippen molar-refractivity contribution in [1.82, 2.24) is 5.32 Å². The van der Waals surface area contributed by atoms with Crippen molar-refractivity contribution in [3.63, 3.8) is 0 Å². The second-order valence-electron chi connectivity index (χ2n) is 4.81. The predicted octanol–water partition coefficient (Wildman–Crippen LogP) is 3.15. The summed E-state index contributed by atoms with van der Waals surface area (Å²) in [7, 11) is 0. The number of benzene rings is 1. The van der Waals surface area contributed by atoms with E-state index in [9.17, 15) is 0 Å². The summed E-state index contributed by atoms with van der Waals surface area (Å²) in [4.78, 5) is 0. The molecule has 2 rings (SSSR count). The van der Waals surface area contributed by atoms with Gasteiger partial charge in [-0.1, -0.05) is 28.1 Å². The number of hydrogen-bond acceptors (Lipinski definition) is 2. The van der Waals surface area contributed by atoms with Crippen molar-refractivity contribution in [2.45, 2.75) is 38.3 Å². The fraction of sp³-hybridized carbons (Fsp3) is 0.571. The molecule has 94 valence electrons. The minimum Gasteiger partial charge on any atom is -0.380 e. The van der Waals surface area contributed by atoms with E-state index in [4.69, 9.17) is 4.74 Å². The monoisotopic (exact) mass is 297 g/mol. The molecule has 0 bridgehead atoms. The molecule has 1 aliphatic heterocycles. The Morgan fingerprint density at radius 3 is 2.82 bits per heavy atom. The molecule has 0 radical (unpaired) electrons. The summed E-state index contributed by atoms with van der Waals surface area (Å²) in [5.74, 6) is 0. The third-order valence-corrected chi connectivity index (χ3v) is 3.66. The first kappa shape index (κ1) is 13.1. The van der Waals surface area contributed by atoms with Gasteiger partial charge in [-0.2, -0.15) is 0 Å². The van der Waals surface area contributed by atoms with Crippen molar-refractivity contribution < 1.29 is 4.74 Å². The molecule has 2 atom stereocenters. The van der Waals surface area contributed by atoms with Gasteiger partial charge in [-0.05, 0) is 43.9 Å². The second kappa shape index (κ2) is 6.53. The van der Waals surface area contributed by atoms with Crippen LogP contribution < -0.4 is 5.32 Å². The molecule has 2 unspecified atom stereocenters. The highest BCUT2D eigenvalue weighted by Crippen LogP contribution is 2.13. The first-order valence-corrected chi connectivity index (χ1v) is 7.11. The van der Waals surface area contributed by atoms with Gasteiger partial charge >= 0.3 is 0 Å². The maximum atomic E-state index is 5.48. The van der Waals surface area contributed by atoms with Gasteiger partial charge in [-0.15, -0.1) is 0 Å². The average molecular weight is 298 g/mol. The third-order valence-electron chi connectivity index (χ3n) is 3.14. The van der Waals surface area contributed by atoms with Crippen molar-refractivity contribution >= 4 is 15.9 Å². The summed E-state index contributed by atoms with van der Waals surface area (Å²) < 4.78 is 6.62. The molecule has 3 heteroatoms. The van der Waals surface area contributed by atoms with Crippen LogP contribution in [0.15, 0.2) is 28.7 Å². The van der Waals surface area contributed by atoms with E-state index in [0.717, 1.165) is 24.1 Å². The smallest absolute Gasteiger partial charge is 0.0619 e. The molecule has 0 amide bonds. The van der Waals surface area contributed by atoms with E-state index in [1.165, 1.54) is 18.4 Å². The highest BCUT2D eigenvalue weighted by Gasteiger charge is 2.15. The van der Waals surface area contributed by atoms with Gasteiger partial charge in [0.2, 0.25) is 0 Å². The van der Waals surface area contributed by atoms with E-state index in [1.54, 1.807) is 0 Å². The molecular weight excluding hydrogens is 278 g/mol. The summed E-state index contributed by atoms with van der Waals surface area (Å²) in [6.45, 7) is 4.04. The minimum atomic E-state index is 0.503. The summed E-state index contributed by atoms with van der Waals surface area (Å²) in [6.07, 6.45) is 3.50. The van der Waals surface area contributed by atoms with E-state index >= 15 is 0 Å². The van der Waals surface area contributed by atoms with Crippen molar-refractivity contribution in [2.24, 2.45) is 0 Å². The topological polar surface area (TPSA) is 21.3 Å². The van der Waals surface area contributed by atoms with E-state index in [1.807, 2.05) is 0 Å². The second-order valence-corrected chi connectivity index (χ2v) is 5.73. The van der Waals surface area contributed by atoms with Gasteiger partial charge in [0, 0.05) is 23.2 Å². The van der Waals surface area contributed by atoms with E-state index in [-0.39, 0.29) is 0 Å². The van der Waals surface area contributed by atoms with Crippen LogP contribution in [0.25, 0.3) is 0 Å². The quantitative estimate of drug-likeness (QED) is 0.922. The normalized spacial score (nSPS) is 22.4. The molecule has 0 saturated carbocycles. The van der Waals surface area contributed by atoms with Crippen LogP contribution in [0.2, 0.25) is 0 Å². The molecule has 1 aromatic carbocycles. The molecule has 1 aliphatic rings. The summed E-state index contributed by atoms with van der Waals surface area (Å²) >= 11 is 3.46. The molecule has 2 nitrogen and oxygen atoms in total. The lowest BCUT2D eigenvalue weighted by molar-refractivity contribution is 0.0671. The van der Waals surface area contributed by atoms with Gasteiger partial charge < -0.3 is 10.1 Å². The van der Waals surface area contributed by atoms with Crippen LogP contribution in [0.1, 0.15) is 25.3 Å². The standard InChI is InChI=1S/C14H20BrNO/c1-11(16-14-3-2-8-17-10-14)9-12-4-6-13(15)7-5-12/h4-7,11,14,16H,2-3,8-10H2,1H3. The molecule has 1 saturated heterocycles. The first-order valence-electron chi connectivity index (χ1n) is 6.32. The van der Waals surface area contributed by atoms with Gasteiger partial charge in [-0.25, -0.2) is 0 Å². The van der Waals surface area contributed by atoms with Crippen molar-refractivity contribution in [3.8, 4) is 0 Å². The number of halogens is 1. The Bertz CT molecular complexity index is 333. The number of ether oxygens (including phenoxy) is 1. The lowest BCUT2D eigenvalue weighted by Gasteiger charge is -2.26. The van der Waals surface area contributed by atoms with E-state index < -0.39 is 0 Å². The molecule has 1 aromatic rings. The van der Waals surface area contributed by atoms with Crippen LogP contribution in [-0.4, -0.2) is 25.3 Å². The SMILES string of the molecule is CC(Cc1ccc(Br)cc1)NC1CCCOC1. The van der Waals surface area contributed by atoms with Gasteiger partial charge in [0.05, 0.1) is 6.61 Å². The Morgan fingerprint density at radius 1 is 1.41 bits per heavy atom. The number of rotatable bonds is 4. The van der Waals surface area contributed by atoms with Crippen LogP contribution in [0.3, 0.4) is 0 Å². The van der Waals surface area contributed by atoms with E-state index in [2.05, 4.69) is 52.4 Å². The highest BCUT2D eigenvalue weighted by molar-refractivity contribution is 9.10. The third kappa shape index (κ3) is 4.41.